The van der Waals surface area contributed by atoms with Crippen LogP contribution in [-0.2, 0) is 4.74 Å². The molecule has 0 unspecified atom stereocenters. The molecule has 134 valence electrons. The third-order valence-electron chi connectivity index (χ3n) is 3.51. The monoisotopic (exact) mass is 402 g/mol. The summed E-state index contributed by atoms with van der Waals surface area (Å²) < 4.78 is 15.8. The molecule has 0 amide bonds. The van der Waals surface area contributed by atoms with E-state index in [9.17, 15) is 4.79 Å². The lowest BCUT2D eigenvalue weighted by Crippen LogP contribution is -2.02. The summed E-state index contributed by atoms with van der Waals surface area (Å²) in [7, 11) is 2.84. The minimum Gasteiger partial charge on any atom is -0.495 e. The summed E-state index contributed by atoms with van der Waals surface area (Å²) in [5.74, 6) is 0.923. The van der Waals surface area contributed by atoms with Crippen molar-refractivity contribution in [2.45, 2.75) is 19.8 Å². The molecule has 7 heteroatoms. The second-order valence-corrected chi connectivity index (χ2v) is 6.77. The quantitative estimate of drug-likeness (QED) is 0.545. The highest BCUT2D eigenvalue weighted by Crippen LogP contribution is 2.42. The highest BCUT2D eigenvalue weighted by Gasteiger charge is 2.18. The number of hydrogen-bond donors (Lipinski definition) is 0. The lowest BCUT2D eigenvalue weighted by molar-refractivity contribution is 0.0600. The summed E-state index contributed by atoms with van der Waals surface area (Å²) in [5.41, 5.74) is 1.13. The lowest BCUT2D eigenvalue weighted by Gasteiger charge is -2.17. The summed E-state index contributed by atoms with van der Waals surface area (Å²) in [5, 5.41) is 0.791. The van der Waals surface area contributed by atoms with Crippen LogP contribution in [0.1, 0.15) is 35.7 Å². The third-order valence-corrected chi connectivity index (χ3v) is 4.35. The predicted octanol–water partition coefficient (Wildman–Crippen LogP) is 6.36. The van der Waals surface area contributed by atoms with E-state index in [1.807, 2.05) is 19.9 Å². The van der Waals surface area contributed by atoms with E-state index in [0.29, 0.717) is 16.5 Å². The minimum atomic E-state index is -0.537. The number of hydrogen-bond acceptors (Lipinski definition) is 4. The highest BCUT2D eigenvalue weighted by molar-refractivity contribution is 6.37. The largest absolute Gasteiger partial charge is 0.495 e. The number of esters is 1. The normalized spacial score (nSPS) is 10.7. The zero-order valence-electron chi connectivity index (χ0n) is 14.2. The number of ether oxygens (including phenoxy) is 3. The van der Waals surface area contributed by atoms with E-state index >= 15 is 0 Å². The van der Waals surface area contributed by atoms with Gasteiger partial charge in [0.25, 0.3) is 0 Å². The Balaban J connectivity index is 2.45. The SMILES string of the molecule is COC(=O)c1cc(Cl)c(Oc2cc(Cl)c(OC)c(C(C)C)c2)c(Cl)c1. The van der Waals surface area contributed by atoms with Crippen molar-refractivity contribution in [3.8, 4) is 17.2 Å². The van der Waals surface area contributed by atoms with Crippen LogP contribution in [0.25, 0.3) is 0 Å². The summed E-state index contributed by atoms with van der Waals surface area (Å²) in [6, 6.07) is 6.30. The van der Waals surface area contributed by atoms with Crippen molar-refractivity contribution in [1.29, 1.82) is 0 Å². The van der Waals surface area contributed by atoms with Gasteiger partial charge in [-0.3, -0.25) is 0 Å². The fraction of sp³-hybridized carbons (Fsp3) is 0.278. The molecule has 0 radical (unpaired) electrons. The van der Waals surface area contributed by atoms with E-state index in [4.69, 9.17) is 44.3 Å². The van der Waals surface area contributed by atoms with Crippen LogP contribution < -0.4 is 9.47 Å². The molecule has 4 nitrogen and oxygen atoms in total. The van der Waals surface area contributed by atoms with Crippen LogP contribution in [0, 0.1) is 0 Å². The van der Waals surface area contributed by atoms with Crippen LogP contribution in [-0.4, -0.2) is 20.2 Å². The predicted molar refractivity (Wildman–Crippen MR) is 100.0 cm³/mol. The van der Waals surface area contributed by atoms with Crippen molar-refractivity contribution < 1.29 is 19.0 Å². The van der Waals surface area contributed by atoms with E-state index in [0.717, 1.165) is 5.56 Å². The van der Waals surface area contributed by atoms with Crippen LogP contribution in [0.15, 0.2) is 24.3 Å². The molecule has 0 saturated carbocycles. The molecule has 0 aromatic heterocycles. The molecule has 0 aliphatic carbocycles. The number of carbonyl (C=O) groups excluding carboxylic acids is 1. The van der Waals surface area contributed by atoms with Crippen molar-refractivity contribution in [3.63, 3.8) is 0 Å². The molecule has 2 rings (SSSR count). The molecular formula is C18H17Cl3O4. The van der Waals surface area contributed by atoms with Gasteiger partial charge in [-0.25, -0.2) is 4.79 Å². The minimum absolute atomic E-state index is 0.170. The molecule has 0 saturated heterocycles. The van der Waals surface area contributed by atoms with Gasteiger partial charge >= 0.3 is 5.97 Å². The number of methoxy groups -OCH3 is 2. The van der Waals surface area contributed by atoms with Crippen molar-refractivity contribution in [1.82, 2.24) is 0 Å². The standard InChI is InChI=1S/C18H17Cl3O4/c1-9(2)12-7-11(8-15(21)16(12)23-3)25-17-13(19)5-10(6-14(17)20)18(22)24-4/h5-9H,1-4H3. The van der Waals surface area contributed by atoms with Crippen LogP contribution in [0.2, 0.25) is 15.1 Å². The van der Waals surface area contributed by atoms with Crippen LogP contribution in [0.3, 0.4) is 0 Å². The first kappa shape index (κ1) is 19.7. The van der Waals surface area contributed by atoms with Gasteiger partial charge in [0, 0.05) is 11.6 Å². The summed E-state index contributed by atoms with van der Waals surface area (Å²) in [6.07, 6.45) is 0. The molecule has 25 heavy (non-hydrogen) atoms. The van der Waals surface area contributed by atoms with E-state index in [1.54, 1.807) is 13.2 Å². The van der Waals surface area contributed by atoms with Gasteiger partial charge in [0.1, 0.15) is 11.5 Å². The highest BCUT2D eigenvalue weighted by atomic mass is 35.5. The summed E-state index contributed by atoms with van der Waals surface area (Å²) >= 11 is 18.7. The molecule has 0 bridgehead atoms. The van der Waals surface area contributed by atoms with Gasteiger partial charge in [0.15, 0.2) is 5.75 Å². The van der Waals surface area contributed by atoms with Crippen molar-refractivity contribution in [3.05, 3.63) is 50.5 Å². The van der Waals surface area contributed by atoms with Gasteiger partial charge < -0.3 is 14.2 Å². The average Bonchev–Trinajstić information content (AvgIpc) is 2.56. The Labute approximate surface area is 161 Å². The van der Waals surface area contributed by atoms with Crippen molar-refractivity contribution in [2.24, 2.45) is 0 Å². The Morgan fingerprint density at radius 3 is 1.96 bits per heavy atom. The third kappa shape index (κ3) is 4.32. The molecule has 0 heterocycles. The topological polar surface area (TPSA) is 44.8 Å². The maximum Gasteiger partial charge on any atom is 0.337 e. The van der Waals surface area contributed by atoms with Gasteiger partial charge in [-0.15, -0.1) is 0 Å². The Kier molecular flexibility index (Phi) is 6.44. The molecule has 2 aromatic carbocycles. The van der Waals surface area contributed by atoms with Crippen LogP contribution in [0.4, 0.5) is 0 Å². The fourth-order valence-electron chi connectivity index (χ4n) is 2.30. The van der Waals surface area contributed by atoms with Gasteiger partial charge in [-0.05, 0) is 24.1 Å². The van der Waals surface area contributed by atoms with Crippen molar-refractivity contribution in [2.75, 3.05) is 14.2 Å². The number of carbonyl (C=O) groups is 1. The Morgan fingerprint density at radius 1 is 0.920 bits per heavy atom. The van der Waals surface area contributed by atoms with Gasteiger partial charge in [0.2, 0.25) is 0 Å². The maximum atomic E-state index is 11.6. The fourth-order valence-corrected chi connectivity index (χ4v) is 3.16. The van der Waals surface area contributed by atoms with E-state index < -0.39 is 5.97 Å². The molecule has 0 spiro atoms. The zero-order chi connectivity index (χ0) is 18.7. The molecule has 0 fully saturated rings. The second-order valence-electron chi connectivity index (χ2n) is 5.54. The number of benzene rings is 2. The summed E-state index contributed by atoms with van der Waals surface area (Å²) in [4.78, 5) is 11.6. The average molecular weight is 404 g/mol. The van der Waals surface area contributed by atoms with Crippen LogP contribution >= 0.6 is 34.8 Å². The number of halogens is 3. The first-order chi connectivity index (χ1) is 11.8. The van der Waals surface area contributed by atoms with Gasteiger partial charge in [0.05, 0.1) is 34.9 Å². The molecule has 2 aromatic rings. The molecule has 0 N–H and O–H groups in total. The smallest absolute Gasteiger partial charge is 0.337 e. The van der Waals surface area contributed by atoms with E-state index in [2.05, 4.69) is 4.74 Å². The summed E-state index contributed by atoms with van der Waals surface area (Å²) in [6.45, 7) is 4.03. The van der Waals surface area contributed by atoms with Gasteiger partial charge in [-0.1, -0.05) is 48.7 Å². The maximum absolute atomic E-state index is 11.6. The molecule has 0 atom stereocenters. The Bertz CT molecular complexity index is 780. The second kappa shape index (κ2) is 8.17. The van der Waals surface area contributed by atoms with Crippen molar-refractivity contribution >= 4 is 40.8 Å². The Hall–Kier alpha value is -1.62. The molecular weight excluding hydrogens is 387 g/mol. The van der Waals surface area contributed by atoms with E-state index in [-0.39, 0.29) is 27.3 Å². The van der Waals surface area contributed by atoms with E-state index in [1.165, 1.54) is 19.2 Å². The Morgan fingerprint density at radius 2 is 1.48 bits per heavy atom. The zero-order valence-corrected chi connectivity index (χ0v) is 16.4. The molecule has 0 aliphatic rings. The first-order valence-electron chi connectivity index (χ1n) is 7.41. The number of rotatable bonds is 5. The van der Waals surface area contributed by atoms with Gasteiger partial charge in [-0.2, -0.15) is 0 Å². The molecule has 0 aliphatic heterocycles. The first-order valence-corrected chi connectivity index (χ1v) is 8.54. The van der Waals surface area contributed by atoms with Crippen LogP contribution in [0.5, 0.6) is 17.2 Å². The lowest BCUT2D eigenvalue weighted by atomic mass is 10.0.